The van der Waals surface area contributed by atoms with E-state index in [9.17, 15) is 9.90 Å². The number of carbonyl (C=O) groups is 1. The standard InChI is InChI=1S/C17H22ClNO2/c18-15-6-4-5-14(13-15)9-10-17(21)19(11-12-20)16-7-2-1-3-8-16/h4-6,9-10,13,16,20H,1-3,7-8,11-12H2/b10-9+. The van der Waals surface area contributed by atoms with Crippen molar-refractivity contribution < 1.29 is 9.90 Å². The summed E-state index contributed by atoms with van der Waals surface area (Å²) >= 11 is 5.93. The highest BCUT2D eigenvalue weighted by Gasteiger charge is 2.23. The van der Waals surface area contributed by atoms with Gasteiger partial charge in [0, 0.05) is 23.7 Å². The van der Waals surface area contributed by atoms with Crippen LogP contribution in [0.15, 0.2) is 30.3 Å². The molecule has 21 heavy (non-hydrogen) atoms. The van der Waals surface area contributed by atoms with Crippen LogP contribution in [-0.4, -0.2) is 35.1 Å². The lowest BCUT2D eigenvalue weighted by atomic mass is 9.94. The molecule has 0 unspecified atom stereocenters. The fourth-order valence-electron chi connectivity index (χ4n) is 2.85. The zero-order valence-corrected chi connectivity index (χ0v) is 12.9. The predicted octanol–water partition coefficient (Wildman–Crippen LogP) is 3.51. The lowest BCUT2D eigenvalue weighted by Crippen LogP contribution is -2.42. The summed E-state index contributed by atoms with van der Waals surface area (Å²) < 4.78 is 0. The van der Waals surface area contributed by atoms with Crippen LogP contribution in [0.2, 0.25) is 5.02 Å². The summed E-state index contributed by atoms with van der Waals surface area (Å²) in [4.78, 5) is 14.2. The molecule has 1 N–H and O–H groups in total. The van der Waals surface area contributed by atoms with Crippen molar-refractivity contribution in [1.29, 1.82) is 0 Å². The number of nitrogens with zero attached hydrogens (tertiary/aromatic N) is 1. The lowest BCUT2D eigenvalue weighted by Gasteiger charge is -2.33. The molecule has 1 aromatic rings. The quantitative estimate of drug-likeness (QED) is 0.846. The van der Waals surface area contributed by atoms with Crippen LogP contribution in [-0.2, 0) is 4.79 Å². The number of aliphatic hydroxyl groups is 1. The molecule has 1 saturated carbocycles. The average molecular weight is 308 g/mol. The number of hydrogen-bond donors (Lipinski definition) is 1. The molecule has 0 aliphatic heterocycles. The van der Waals surface area contributed by atoms with E-state index in [2.05, 4.69) is 0 Å². The van der Waals surface area contributed by atoms with Crippen LogP contribution in [0.5, 0.6) is 0 Å². The van der Waals surface area contributed by atoms with Gasteiger partial charge in [-0.1, -0.05) is 43.0 Å². The zero-order chi connectivity index (χ0) is 15.1. The molecule has 0 bridgehead atoms. The minimum absolute atomic E-state index is 0.00719. The molecule has 4 heteroatoms. The number of aliphatic hydroxyl groups excluding tert-OH is 1. The SMILES string of the molecule is O=C(/C=C/c1cccc(Cl)c1)N(CCO)C1CCCCC1. The molecule has 0 saturated heterocycles. The first kappa shape index (κ1) is 16.1. The molecule has 0 heterocycles. The third kappa shape index (κ3) is 4.87. The van der Waals surface area contributed by atoms with E-state index in [0.717, 1.165) is 31.2 Å². The molecule has 0 atom stereocenters. The van der Waals surface area contributed by atoms with Gasteiger partial charge in [0.2, 0.25) is 5.91 Å². The third-order valence-electron chi connectivity index (χ3n) is 3.91. The van der Waals surface area contributed by atoms with Crippen molar-refractivity contribution in [1.82, 2.24) is 4.90 Å². The third-order valence-corrected chi connectivity index (χ3v) is 4.14. The van der Waals surface area contributed by atoms with Gasteiger partial charge in [-0.2, -0.15) is 0 Å². The Labute approximate surface area is 131 Å². The summed E-state index contributed by atoms with van der Waals surface area (Å²) in [5, 5.41) is 9.86. The summed E-state index contributed by atoms with van der Waals surface area (Å²) in [7, 11) is 0. The molecule has 1 amide bonds. The molecule has 3 nitrogen and oxygen atoms in total. The van der Waals surface area contributed by atoms with E-state index in [-0.39, 0.29) is 18.6 Å². The highest BCUT2D eigenvalue weighted by Crippen LogP contribution is 2.23. The van der Waals surface area contributed by atoms with Gasteiger partial charge >= 0.3 is 0 Å². The number of carbonyl (C=O) groups excluding carboxylic acids is 1. The summed E-state index contributed by atoms with van der Waals surface area (Å²) in [6, 6.07) is 7.66. The van der Waals surface area contributed by atoms with Gasteiger partial charge in [0.25, 0.3) is 0 Å². The van der Waals surface area contributed by atoms with Crippen LogP contribution >= 0.6 is 11.6 Å². The number of benzene rings is 1. The van der Waals surface area contributed by atoms with Crippen LogP contribution < -0.4 is 0 Å². The average Bonchev–Trinajstić information content (AvgIpc) is 2.51. The van der Waals surface area contributed by atoms with Gasteiger partial charge in [0.15, 0.2) is 0 Å². The van der Waals surface area contributed by atoms with Crippen molar-refractivity contribution in [2.75, 3.05) is 13.2 Å². The van der Waals surface area contributed by atoms with Gasteiger partial charge in [-0.05, 0) is 36.6 Å². The van der Waals surface area contributed by atoms with Gasteiger partial charge in [-0.3, -0.25) is 4.79 Å². The summed E-state index contributed by atoms with van der Waals surface area (Å²) in [5.74, 6) is -0.0316. The Morgan fingerprint density at radius 1 is 1.33 bits per heavy atom. The van der Waals surface area contributed by atoms with E-state index in [0.29, 0.717) is 11.6 Å². The van der Waals surface area contributed by atoms with Gasteiger partial charge in [0.1, 0.15) is 0 Å². The molecule has 1 aliphatic rings. The van der Waals surface area contributed by atoms with Crippen molar-refractivity contribution in [2.24, 2.45) is 0 Å². The smallest absolute Gasteiger partial charge is 0.246 e. The molecule has 0 aromatic heterocycles. The first-order valence-electron chi connectivity index (χ1n) is 7.56. The Balaban J connectivity index is 2.03. The highest BCUT2D eigenvalue weighted by molar-refractivity contribution is 6.30. The second-order valence-corrected chi connectivity index (χ2v) is 5.87. The maximum Gasteiger partial charge on any atom is 0.246 e. The molecule has 0 radical (unpaired) electrons. The van der Waals surface area contributed by atoms with Gasteiger partial charge in [0.05, 0.1) is 6.61 Å². The topological polar surface area (TPSA) is 40.5 Å². The first-order valence-corrected chi connectivity index (χ1v) is 7.93. The Morgan fingerprint density at radius 3 is 2.76 bits per heavy atom. The van der Waals surface area contributed by atoms with Gasteiger partial charge in [-0.15, -0.1) is 0 Å². The van der Waals surface area contributed by atoms with Crippen molar-refractivity contribution in [3.63, 3.8) is 0 Å². The van der Waals surface area contributed by atoms with E-state index in [4.69, 9.17) is 11.6 Å². The Kier molecular flexibility index (Phi) is 6.27. The minimum atomic E-state index is -0.0316. The molecule has 0 spiro atoms. The molecule has 2 rings (SSSR count). The number of halogens is 1. The summed E-state index contributed by atoms with van der Waals surface area (Å²) in [6.45, 7) is 0.413. The van der Waals surface area contributed by atoms with Crippen LogP contribution in [0.3, 0.4) is 0 Å². The van der Waals surface area contributed by atoms with Crippen LogP contribution in [0.4, 0.5) is 0 Å². The van der Waals surface area contributed by atoms with E-state index in [1.165, 1.54) is 6.42 Å². The number of amides is 1. The first-order chi connectivity index (χ1) is 10.2. The van der Waals surface area contributed by atoms with Gasteiger partial charge in [-0.25, -0.2) is 0 Å². The maximum absolute atomic E-state index is 12.4. The van der Waals surface area contributed by atoms with E-state index >= 15 is 0 Å². The second kappa shape index (κ2) is 8.20. The number of hydrogen-bond acceptors (Lipinski definition) is 2. The van der Waals surface area contributed by atoms with Crippen LogP contribution in [0.1, 0.15) is 37.7 Å². The zero-order valence-electron chi connectivity index (χ0n) is 12.2. The van der Waals surface area contributed by atoms with Crippen molar-refractivity contribution in [3.8, 4) is 0 Å². The van der Waals surface area contributed by atoms with E-state index < -0.39 is 0 Å². The van der Waals surface area contributed by atoms with Crippen molar-refractivity contribution >= 4 is 23.6 Å². The van der Waals surface area contributed by atoms with Crippen LogP contribution in [0, 0.1) is 0 Å². The summed E-state index contributed by atoms with van der Waals surface area (Å²) in [6.07, 6.45) is 9.01. The van der Waals surface area contributed by atoms with Crippen molar-refractivity contribution in [2.45, 2.75) is 38.1 Å². The predicted molar refractivity (Wildman–Crippen MR) is 86.2 cm³/mol. The molecule has 1 fully saturated rings. The largest absolute Gasteiger partial charge is 0.395 e. The molecule has 1 aromatic carbocycles. The molecular formula is C17H22ClNO2. The fourth-order valence-corrected chi connectivity index (χ4v) is 3.05. The fraction of sp³-hybridized carbons (Fsp3) is 0.471. The molecule has 114 valence electrons. The maximum atomic E-state index is 12.4. The monoisotopic (exact) mass is 307 g/mol. The van der Waals surface area contributed by atoms with Crippen molar-refractivity contribution in [3.05, 3.63) is 40.9 Å². The Morgan fingerprint density at radius 2 is 2.10 bits per heavy atom. The highest BCUT2D eigenvalue weighted by atomic mass is 35.5. The van der Waals surface area contributed by atoms with E-state index in [1.54, 1.807) is 23.1 Å². The molecule has 1 aliphatic carbocycles. The lowest BCUT2D eigenvalue weighted by molar-refractivity contribution is -0.129. The molecular weight excluding hydrogens is 286 g/mol. The number of rotatable bonds is 5. The van der Waals surface area contributed by atoms with E-state index in [1.807, 2.05) is 18.2 Å². The Bertz CT molecular complexity index is 495. The summed E-state index contributed by atoms with van der Waals surface area (Å²) in [5.41, 5.74) is 0.906. The second-order valence-electron chi connectivity index (χ2n) is 5.44. The minimum Gasteiger partial charge on any atom is -0.395 e. The van der Waals surface area contributed by atoms with Gasteiger partial charge < -0.3 is 10.0 Å². The van der Waals surface area contributed by atoms with Crippen LogP contribution in [0.25, 0.3) is 6.08 Å². The normalized spacial score (nSPS) is 16.3. The Hall–Kier alpha value is -1.32.